The van der Waals surface area contributed by atoms with Gasteiger partial charge in [0.25, 0.3) is 0 Å². The fourth-order valence-electron chi connectivity index (χ4n) is 2.05. The Balaban J connectivity index is 0.00000264. The van der Waals surface area contributed by atoms with Gasteiger partial charge in [0, 0.05) is 32.4 Å². The van der Waals surface area contributed by atoms with Crippen LogP contribution >= 0.6 is 24.0 Å². The Kier molecular flexibility index (Phi) is 8.39. The van der Waals surface area contributed by atoms with E-state index in [1.807, 2.05) is 12.1 Å². The first kappa shape index (κ1) is 19.2. The summed E-state index contributed by atoms with van der Waals surface area (Å²) in [5.74, 6) is 1.38. The molecular weight excluding hydrogens is 403 g/mol. The van der Waals surface area contributed by atoms with E-state index in [0.717, 1.165) is 18.1 Å². The first-order chi connectivity index (χ1) is 10.7. The van der Waals surface area contributed by atoms with Gasteiger partial charge < -0.3 is 15.4 Å². The second-order valence-electron chi connectivity index (χ2n) is 4.98. The Morgan fingerprint density at radius 1 is 1.13 bits per heavy atom. The molecule has 0 bridgehead atoms. The van der Waals surface area contributed by atoms with Crippen LogP contribution in [-0.2, 0) is 13.1 Å². The van der Waals surface area contributed by atoms with Crippen LogP contribution in [0.25, 0.3) is 0 Å². The maximum Gasteiger partial charge on any atom is 0.212 e. The maximum atomic E-state index is 5.05. The summed E-state index contributed by atoms with van der Waals surface area (Å²) in [6.07, 6.45) is 1.79. The maximum absolute atomic E-state index is 5.05. The van der Waals surface area contributed by atoms with E-state index >= 15 is 0 Å². The number of hydrogen-bond acceptors (Lipinski definition) is 3. The molecular formula is C17H23IN4O. The van der Waals surface area contributed by atoms with Gasteiger partial charge in [0.05, 0.1) is 7.11 Å². The van der Waals surface area contributed by atoms with Gasteiger partial charge in [-0.2, -0.15) is 0 Å². The average molecular weight is 426 g/mol. The third-order valence-electron chi connectivity index (χ3n) is 3.23. The number of nitrogens with zero attached hydrogens (tertiary/aromatic N) is 2. The topological polar surface area (TPSA) is 58.5 Å². The normalized spacial score (nSPS) is 10.7. The Labute approximate surface area is 154 Å². The van der Waals surface area contributed by atoms with Crippen molar-refractivity contribution in [1.82, 2.24) is 15.6 Å². The molecule has 2 rings (SSSR count). The number of aliphatic imine (C=N–C) groups is 1. The van der Waals surface area contributed by atoms with Gasteiger partial charge in [-0.25, -0.2) is 4.98 Å². The first-order valence-electron chi connectivity index (χ1n) is 7.20. The number of aryl methyl sites for hydroxylation is 1. The SMILES string of the molecule is CN=C(NCc1ccc(OC)nc1)NCc1cccc(C)c1.I. The zero-order valence-electron chi connectivity index (χ0n) is 13.7. The summed E-state index contributed by atoms with van der Waals surface area (Å²) in [7, 11) is 3.37. The monoisotopic (exact) mass is 426 g/mol. The number of benzene rings is 1. The first-order valence-corrected chi connectivity index (χ1v) is 7.20. The molecule has 23 heavy (non-hydrogen) atoms. The molecule has 0 aliphatic heterocycles. The highest BCUT2D eigenvalue weighted by Gasteiger charge is 2.00. The molecule has 5 nitrogen and oxygen atoms in total. The van der Waals surface area contributed by atoms with Crippen LogP contribution in [0.4, 0.5) is 0 Å². The van der Waals surface area contributed by atoms with Gasteiger partial charge in [-0.1, -0.05) is 35.9 Å². The van der Waals surface area contributed by atoms with E-state index in [1.165, 1.54) is 11.1 Å². The second kappa shape index (κ2) is 10.0. The van der Waals surface area contributed by atoms with Crippen LogP contribution < -0.4 is 15.4 Å². The lowest BCUT2D eigenvalue weighted by Crippen LogP contribution is -2.36. The van der Waals surface area contributed by atoms with Gasteiger partial charge in [0.1, 0.15) is 0 Å². The van der Waals surface area contributed by atoms with Gasteiger partial charge in [-0.05, 0) is 18.1 Å². The number of halogens is 1. The van der Waals surface area contributed by atoms with E-state index in [0.29, 0.717) is 12.4 Å². The van der Waals surface area contributed by atoms with Gasteiger partial charge in [-0.15, -0.1) is 24.0 Å². The minimum atomic E-state index is 0. The van der Waals surface area contributed by atoms with Gasteiger partial charge in [0.15, 0.2) is 5.96 Å². The van der Waals surface area contributed by atoms with Crippen LogP contribution in [0, 0.1) is 6.92 Å². The van der Waals surface area contributed by atoms with Crippen molar-refractivity contribution in [3.05, 3.63) is 59.3 Å². The number of aromatic nitrogens is 1. The van der Waals surface area contributed by atoms with Crippen molar-refractivity contribution in [2.75, 3.05) is 14.2 Å². The number of pyridine rings is 1. The summed E-state index contributed by atoms with van der Waals surface area (Å²) >= 11 is 0. The molecule has 124 valence electrons. The van der Waals surface area contributed by atoms with Gasteiger partial charge in [-0.3, -0.25) is 4.99 Å². The minimum Gasteiger partial charge on any atom is -0.481 e. The largest absolute Gasteiger partial charge is 0.481 e. The lowest BCUT2D eigenvalue weighted by molar-refractivity contribution is 0.397. The van der Waals surface area contributed by atoms with Crippen molar-refractivity contribution in [1.29, 1.82) is 0 Å². The quantitative estimate of drug-likeness (QED) is 0.439. The van der Waals surface area contributed by atoms with E-state index in [1.54, 1.807) is 20.4 Å². The molecule has 0 atom stereocenters. The fourth-order valence-corrected chi connectivity index (χ4v) is 2.05. The number of guanidine groups is 1. The van der Waals surface area contributed by atoms with E-state index in [2.05, 4.69) is 51.8 Å². The molecule has 1 aromatic carbocycles. The third-order valence-corrected chi connectivity index (χ3v) is 3.23. The molecule has 6 heteroatoms. The highest BCUT2D eigenvalue weighted by Crippen LogP contribution is 2.06. The summed E-state index contributed by atoms with van der Waals surface area (Å²) in [6, 6.07) is 12.2. The van der Waals surface area contributed by atoms with Crippen LogP contribution in [0.2, 0.25) is 0 Å². The molecule has 0 unspecified atom stereocenters. The van der Waals surface area contributed by atoms with Gasteiger partial charge >= 0.3 is 0 Å². The number of methoxy groups -OCH3 is 1. The summed E-state index contributed by atoms with van der Waals surface area (Å²) < 4.78 is 5.05. The highest BCUT2D eigenvalue weighted by molar-refractivity contribution is 14.0. The predicted molar refractivity (Wildman–Crippen MR) is 104 cm³/mol. The summed E-state index contributed by atoms with van der Waals surface area (Å²) in [5, 5.41) is 6.57. The third kappa shape index (κ3) is 6.43. The molecule has 0 fully saturated rings. The van der Waals surface area contributed by atoms with Crippen molar-refractivity contribution in [2.45, 2.75) is 20.0 Å². The number of rotatable bonds is 5. The van der Waals surface area contributed by atoms with Crippen molar-refractivity contribution < 1.29 is 4.74 Å². The number of ether oxygens (including phenoxy) is 1. The predicted octanol–water partition coefficient (Wildman–Crippen LogP) is 2.88. The second-order valence-corrected chi connectivity index (χ2v) is 4.98. The zero-order chi connectivity index (χ0) is 15.8. The molecule has 0 aliphatic rings. The number of nitrogens with one attached hydrogen (secondary N) is 2. The van der Waals surface area contributed by atoms with Crippen LogP contribution in [0.5, 0.6) is 5.88 Å². The Bertz CT molecular complexity index is 629. The van der Waals surface area contributed by atoms with E-state index in [-0.39, 0.29) is 24.0 Å². The van der Waals surface area contributed by atoms with Crippen LogP contribution in [0.1, 0.15) is 16.7 Å². The smallest absolute Gasteiger partial charge is 0.212 e. The minimum absolute atomic E-state index is 0. The van der Waals surface area contributed by atoms with Crippen molar-refractivity contribution >= 4 is 29.9 Å². The molecule has 0 saturated carbocycles. The van der Waals surface area contributed by atoms with E-state index in [9.17, 15) is 0 Å². The van der Waals surface area contributed by atoms with E-state index in [4.69, 9.17) is 4.74 Å². The molecule has 1 heterocycles. The van der Waals surface area contributed by atoms with Crippen LogP contribution in [0.15, 0.2) is 47.6 Å². The molecule has 0 amide bonds. The molecule has 2 N–H and O–H groups in total. The van der Waals surface area contributed by atoms with Crippen molar-refractivity contribution in [3.63, 3.8) is 0 Å². The van der Waals surface area contributed by atoms with Crippen molar-refractivity contribution in [2.24, 2.45) is 4.99 Å². The molecule has 0 spiro atoms. The lowest BCUT2D eigenvalue weighted by atomic mass is 10.1. The zero-order valence-corrected chi connectivity index (χ0v) is 16.0. The Morgan fingerprint density at radius 3 is 2.43 bits per heavy atom. The molecule has 0 radical (unpaired) electrons. The Morgan fingerprint density at radius 2 is 1.87 bits per heavy atom. The average Bonchev–Trinajstić information content (AvgIpc) is 2.55. The summed E-state index contributed by atoms with van der Waals surface area (Å²) in [6.45, 7) is 3.49. The lowest BCUT2D eigenvalue weighted by Gasteiger charge is -2.12. The summed E-state index contributed by atoms with van der Waals surface area (Å²) in [4.78, 5) is 8.41. The van der Waals surface area contributed by atoms with E-state index < -0.39 is 0 Å². The molecule has 2 aromatic rings. The Hall–Kier alpha value is -1.83. The number of hydrogen-bond donors (Lipinski definition) is 2. The van der Waals surface area contributed by atoms with Gasteiger partial charge in [0.2, 0.25) is 5.88 Å². The molecule has 1 aromatic heterocycles. The standard InChI is InChI=1S/C17H22N4O.HI/c1-13-5-4-6-14(9-13)10-20-17(18-2)21-12-15-7-8-16(22-3)19-11-15;/h4-9,11H,10,12H2,1-3H3,(H2,18,20,21);1H. The van der Waals surface area contributed by atoms with Crippen LogP contribution in [0.3, 0.4) is 0 Å². The van der Waals surface area contributed by atoms with Crippen LogP contribution in [-0.4, -0.2) is 25.1 Å². The molecule has 0 aliphatic carbocycles. The highest BCUT2D eigenvalue weighted by atomic mass is 127. The summed E-state index contributed by atoms with van der Waals surface area (Å²) in [5.41, 5.74) is 3.56. The van der Waals surface area contributed by atoms with Crippen molar-refractivity contribution in [3.8, 4) is 5.88 Å². The molecule has 0 saturated heterocycles. The fraction of sp³-hybridized carbons (Fsp3) is 0.294.